The van der Waals surface area contributed by atoms with Crippen molar-refractivity contribution in [1.82, 2.24) is 15.0 Å². The molecule has 1 unspecified atom stereocenters. The zero-order valence-electron chi connectivity index (χ0n) is 17.4. The van der Waals surface area contributed by atoms with Crippen molar-refractivity contribution in [3.63, 3.8) is 0 Å². The molecule has 160 valence electrons. The number of carbonyl (C=O) groups excluding carboxylic acids is 1. The Bertz CT molecular complexity index is 1120. The van der Waals surface area contributed by atoms with Crippen LogP contribution in [0, 0.1) is 0 Å². The summed E-state index contributed by atoms with van der Waals surface area (Å²) in [5, 5.41) is 3.13. The molecule has 1 saturated heterocycles. The van der Waals surface area contributed by atoms with Crippen LogP contribution in [0.3, 0.4) is 0 Å². The zero-order valence-corrected chi connectivity index (χ0v) is 19.0. The molecule has 0 saturated carbocycles. The summed E-state index contributed by atoms with van der Waals surface area (Å²) < 4.78 is 12.5. The number of hydrazine groups is 1. The van der Waals surface area contributed by atoms with Gasteiger partial charge in [-0.25, -0.2) is 15.0 Å². The molecular weight excluding hydrogens is 430 g/mol. The van der Waals surface area contributed by atoms with Crippen LogP contribution < -0.4 is 0 Å². The molecule has 6 nitrogen and oxygen atoms in total. The summed E-state index contributed by atoms with van der Waals surface area (Å²) in [7, 11) is 1.21. The molecule has 0 aliphatic carbocycles. The molecule has 1 aliphatic rings. The first kappa shape index (κ1) is 21.5. The van der Waals surface area contributed by atoms with E-state index in [1.165, 1.54) is 5.01 Å². The monoisotopic (exact) mass is 453 g/mol. The van der Waals surface area contributed by atoms with Crippen molar-refractivity contribution in [3.8, 4) is 11.5 Å². The van der Waals surface area contributed by atoms with E-state index < -0.39 is 10.3 Å². The van der Waals surface area contributed by atoms with Crippen LogP contribution in [0.5, 0.6) is 0 Å². The van der Waals surface area contributed by atoms with Gasteiger partial charge < -0.3 is 8.60 Å². The molecular formula is C23H23N3O3S2. The Morgan fingerprint density at radius 3 is 2.39 bits per heavy atom. The number of oxazole rings is 1. The first-order chi connectivity index (χ1) is 14.9. The zero-order chi connectivity index (χ0) is 22.0. The standard InChI is InChI=1S/C23H23N3O3S2/c1-17-22(27)26(25(2)3)23(30)31(17,20-12-8-5-9-13-20)29-15-14-19-16-28-21(24-19)18-10-6-4-7-11-18/h4-13,16H,1,14-15H2,2-3H3. The molecule has 1 aromatic heterocycles. The van der Waals surface area contributed by atoms with Gasteiger partial charge in [0.2, 0.25) is 5.89 Å². The van der Waals surface area contributed by atoms with Gasteiger partial charge in [0.15, 0.2) is 4.32 Å². The number of carbonyl (C=O) groups is 1. The third kappa shape index (κ3) is 3.83. The Morgan fingerprint density at radius 2 is 1.77 bits per heavy atom. The first-order valence-electron chi connectivity index (χ1n) is 9.72. The Kier molecular flexibility index (Phi) is 6.06. The molecule has 31 heavy (non-hydrogen) atoms. The van der Waals surface area contributed by atoms with E-state index >= 15 is 0 Å². The summed E-state index contributed by atoms with van der Waals surface area (Å²) in [6, 6.07) is 19.3. The Balaban J connectivity index is 1.58. The van der Waals surface area contributed by atoms with Crippen molar-refractivity contribution < 1.29 is 13.4 Å². The summed E-state index contributed by atoms with van der Waals surface area (Å²) in [5.74, 6) is 0.331. The normalized spacial score (nSPS) is 21.0. The minimum absolute atomic E-state index is 0.235. The van der Waals surface area contributed by atoms with Crippen molar-refractivity contribution in [2.75, 3.05) is 20.7 Å². The van der Waals surface area contributed by atoms with Crippen LogP contribution in [0.1, 0.15) is 5.69 Å². The molecule has 0 N–H and O–H groups in total. The Hall–Kier alpha value is -2.78. The molecule has 0 spiro atoms. The summed E-state index contributed by atoms with van der Waals surface area (Å²) >= 11 is 5.77. The summed E-state index contributed by atoms with van der Waals surface area (Å²) in [6.07, 6.45) is 2.15. The van der Waals surface area contributed by atoms with Gasteiger partial charge >= 0.3 is 0 Å². The van der Waals surface area contributed by atoms with Gasteiger partial charge in [0, 0.05) is 31.0 Å². The number of benzene rings is 2. The van der Waals surface area contributed by atoms with E-state index in [0.29, 0.717) is 28.1 Å². The second-order valence-corrected chi connectivity index (χ2v) is 10.4. The van der Waals surface area contributed by atoms with Gasteiger partial charge in [-0.3, -0.25) is 4.79 Å². The molecule has 1 fully saturated rings. The number of rotatable bonds is 7. The number of hydrogen-bond acceptors (Lipinski definition) is 6. The lowest BCUT2D eigenvalue weighted by atomic mass is 10.2. The highest BCUT2D eigenvalue weighted by molar-refractivity contribution is 8.50. The maximum atomic E-state index is 13.0. The average molecular weight is 454 g/mol. The maximum absolute atomic E-state index is 13.0. The quantitative estimate of drug-likeness (QED) is 0.378. The van der Waals surface area contributed by atoms with Crippen molar-refractivity contribution in [1.29, 1.82) is 0 Å². The Morgan fingerprint density at radius 1 is 1.13 bits per heavy atom. The molecule has 4 rings (SSSR count). The van der Waals surface area contributed by atoms with E-state index in [4.69, 9.17) is 20.8 Å². The Labute approximate surface area is 188 Å². The predicted octanol–water partition coefficient (Wildman–Crippen LogP) is 4.80. The second-order valence-electron chi connectivity index (χ2n) is 7.10. The van der Waals surface area contributed by atoms with Gasteiger partial charge in [-0.1, -0.05) is 43.0 Å². The lowest BCUT2D eigenvalue weighted by Crippen LogP contribution is -2.40. The van der Waals surface area contributed by atoms with Crippen molar-refractivity contribution in [3.05, 3.63) is 84.1 Å². The number of aromatic nitrogens is 1. The molecule has 1 amide bonds. The van der Waals surface area contributed by atoms with E-state index in [1.807, 2.05) is 60.7 Å². The number of thiocarbonyl (C=S) groups is 1. The fourth-order valence-electron chi connectivity index (χ4n) is 3.35. The number of hydrogen-bond donors (Lipinski definition) is 0. The third-order valence-electron chi connectivity index (χ3n) is 4.86. The van der Waals surface area contributed by atoms with Crippen LogP contribution >= 0.6 is 22.5 Å². The fraction of sp³-hybridized carbons (Fsp3) is 0.174. The predicted molar refractivity (Wildman–Crippen MR) is 126 cm³/mol. The minimum atomic E-state index is -2.34. The summed E-state index contributed by atoms with van der Waals surface area (Å²) in [4.78, 5) is 18.7. The smallest absolute Gasteiger partial charge is 0.281 e. The molecule has 1 atom stereocenters. The molecule has 1 aliphatic heterocycles. The molecule has 2 aromatic carbocycles. The summed E-state index contributed by atoms with van der Waals surface area (Å²) in [5.41, 5.74) is 1.69. The molecule has 3 aromatic rings. The highest BCUT2D eigenvalue weighted by Gasteiger charge is 2.51. The highest BCUT2D eigenvalue weighted by atomic mass is 32.3. The number of amides is 1. The average Bonchev–Trinajstić information content (AvgIpc) is 3.32. The van der Waals surface area contributed by atoms with E-state index in [0.717, 1.165) is 16.2 Å². The SMILES string of the molecule is C=C1C(=O)N(N(C)C)C(=S)S1(OCCc1coc(-c2ccccc2)n1)c1ccccc1. The van der Waals surface area contributed by atoms with Crippen LogP contribution in [0.15, 0.2) is 87.7 Å². The molecule has 8 heteroatoms. The van der Waals surface area contributed by atoms with Crippen molar-refractivity contribution in [2.24, 2.45) is 0 Å². The molecule has 0 radical (unpaired) electrons. The van der Waals surface area contributed by atoms with Gasteiger partial charge in [0.05, 0.1) is 17.2 Å². The molecule has 0 bridgehead atoms. The van der Waals surface area contributed by atoms with E-state index in [9.17, 15) is 4.79 Å². The van der Waals surface area contributed by atoms with E-state index in [-0.39, 0.29) is 5.91 Å². The topological polar surface area (TPSA) is 58.8 Å². The van der Waals surface area contributed by atoms with E-state index in [1.54, 1.807) is 25.4 Å². The summed E-state index contributed by atoms with van der Waals surface area (Å²) in [6.45, 7) is 4.41. The van der Waals surface area contributed by atoms with Crippen LogP contribution in [-0.2, 0) is 15.4 Å². The van der Waals surface area contributed by atoms with Crippen LogP contribution in [0.2, 0.25) is 0 Å². The maximum Gasteiger partial charge on any atom is 0.281 e. The third-order valence-corrected chi connectivity index (χ3v) is 8.73. The highest BCUT2D eigenvalue weighted by Crippen LogP contribution is 2.68. The second kappa shape index (κ2) is 8.76. The van der Waals surface area contributed by atoms with Gasteiger partial charge in [-0.15, -0.1) is 0 Å². The largest absolute Gasteiger partial charge is 0.444 e. The van der Waals surface area contributed by atoms with Gasteiger partial charge in [-0.05, 0) is 46.8 Å². The lowest BCUT2D eigenvalue weighted by molar-refractivity contribution is -0.130. The first-order valence-corrected chi connectivity index (χ1v) is 11.7. The van der Waals surface area contributed by atoms with Gasteiger partial charge in [0.25, 0.3) is 5.91 Å². The van der Waals surface area contributed by atoms with E-state index in [2.05, 4.69) is 11.6 Å². The minimum Gasteiger partial charge on any atom is -0.444 e. The lowest BCUT2D eigenvalue weighted by Gasteiger charge is -2.36. The van der Waals surface area contributed by atoms with Gasteiger partial charge in [-0.2, -0.15) is 0 Å². The fourth-order valence-corrected chi connectivity index (χ4v) is 7.10. The van der Waals surface area contributed by atoms with Crippen molar-refractivity contribution >= 4 is 32.8 Å². The van der Waals surface area contributed by atoms with Gasteiger partial charge in [0.1, 0.15) is 6.26 Å². The van der Waals surface area contributed by atoms with Crippen LogP contribution in [0.4, 0.5) is 0 Å². The molecule has 2 heterocycles. The van der Waals surface area contributed by atoms with Crippen molar-refractivity contribution in [2.45, 2.75) is 11.3 Å². The number of nitrogens with zero attached hydrogens (tertiary/aromatic N) is 3. The van der Waals surface area contributed by atoms with Crippen LogP contribution in [-0.4, -0.2) is 45.9 Å². The van der Waals surface area contributed by atoms with Crippen LogP contribution in [0.25, 0.3) is 11.5 Å².